The molecule has 0 atom stereocenters. The lowest BCUT2D eigenvalue weighted by Crippen LogP contribution is -1.93. The fourth-order valence-electron chi connectivity index (χ4n) is 1.54. The number of pyridine rings is 2. The molecule has 0 N–H and O–H groups in total. The first-order valence-corrected chi connectivity index (χ1v) is 6.77. The molecule has 3 rings (SSSR count). The molecule has 7 heteroatoms. The Bertz CT molecular complexity index is 711. The lowest BCUT2D eigenvalue weighted by Gasteiger charge is -2.04. The van der Waals surface area contributed by atoms with Crippen molar-refractivity contribution in [2.45, 2.75) is 10.1 Å². The topological polar surface area (TPSA) is 56.5 Å². The molecule has 5 nitrogen and oxygen atoms in total. The molecular formula is C11H8BrN5S. The van der Waals surface area contributed by atoms with Gasteiger partial charge in [-0.1, -0.05) is 0 Å². The van der Waals surface area contributed by atoms with Gasteiger partial charge in [0.05, 0.1) is 5.52 Å². The number of aromatic nitrogens is 5. The van der Waals surface area contributed by atoms with Gasteiger partial charge in [-0.2, -0.15) is 5.10 Å². The normalized spacial score (nSPS) is 11.0. The van der Waals surface area contributed by atoms with Crippen molar-refractivity contribution in [3.63, 3.8) is 0 Å². The first-order chi connectivity index (χ1) is 8.74. The highest BCUT2D eigenvalue weighted by Crippen LogP contribution is 2.30. The van der Waals surface area contributed by atoms with E-state index in [1.807, 2.05) is 19.2 Å². The van der Waals surface area contributed by atoms with Gasteiger partial charge in [0, 0.05) is 28.8 Å². The fourth-order valence-corrected chi connectivity index (χ4v) is 2.72. The van der Waals surface area contributed by atoms with E-state index >= 15 is 0 Å². The second kappa shape index (κ2) is 4.66. The van der Waals surface area contributed by atoms with E-state index in [-0.39, 0.29) is 0 Å². The Kier molecular flexibility index (Phi) is 3.00. The maximum absolute atomic E-state index is 4.40. The Balaban J connectivity index is 2.09. The van der Waals surface area contributed by atoms with Crippen LogP contribution in [0.2, 0.25) is 0 Å². The third-order valence-electron chi connectivity index (χ3n) is 2.38. The molecule has 0 bridgehead atoms. The number of nitrogens with zero attached hydrogens (tertiary/aromatic N) is 5. The largest absolute Gasteiger partial charge is 0.254 e. The highest BCUT2D eigenvalue weighted by atomic mass is 79.9. The van der Waals surface area contributed by atoms with E-state index < -0.39 is 0 Å². The van der Waals surface area contributed by atoms with Crippen LogP contribution < -0.4 is 0 Å². The van der Waals surface area contributed by atoms with Gasteiger partial charge in [0.2, 0.25) is 0 Å². The highest BCUT2D eigenvalue weighted by molar-refractivity contribution is 9.10. The van der Waals surface area contributed by atoms with Gasteiger partial charge in [-0.15, -0.1) is 0 Å². The van der Waals surface area contributed by atoms with Gasteiger partial charge in [-0.25, -0.2) is 9.67 Å². The lowest BCUT2D eigenvalue weighted by molar-refractivity contribution is 0.685. The van der Waals surface area contributed by atoms with Crippen LogP contribution in [-0.4, -0.2) is 24.7 Å². The second-order valence-electron chi connectivity index (χ2n) is 3.60. The molecule has 0 saturated carbocycles. The Morgan fingerprint density at radius 3 is 2.94 bits per heavy atom. The Morgan fingerprint density at radius 2 is 2.17 bits per heavy atom. The van der Waals surface area contributed by atoms with Crippen LogP contribution in [0.4, 0.5) is 0 Å². The number of rotatable bonds is 2. The number of hydrogen-bond donors (Lipinski definition) is 0. The molecule has 0 aliphatic heterocycles. The molecule has 0 saturated heterocycles. The van der Waals surface area contributed by atoms with Crippen LogP contribution in [0, 0.1) is 0 Å². The molecule has 0 fully saturated rings. The molecule has 0 aromatic carbocycles. The van der Waals surface area contributed by atoms with E-state index in [1.165, 1.54) is 18.1 Å². The van der Waals surface area contributed by atoms with E-state index in [0.717, 1.165) is 25.6 Å². The molecule has 18 heavy (non-hydrogen) atoms. The van der Waals surface area contributed by atoms with E-state index in [4.69, 9.17) is 0 Å². The van der Waals surface area contributed by atoms with Crippen LogP contribution in [0.25, 0.3) is 11.0 Å². The van der Waals surface area contributed by atoms with E-state index in [1.54, 1.807) is 17.1 Å². The molecule has 0 aliphatic rings. The zero-order valence-corrected chi connectivity index (χ0v) is 11.8. The van der Waals surface area contributed by atoms with Crippen LogP contribution in [-0.2, 0) is 7.05 Å². The van der Waals surface area contributed by atoms with E-state index in [9.17, 15) is 0 Å². The predicted molar refractivity (Wildman–Crippen MR) is 72.4 cm³/mol. The number of fused-ring (bicyclic) bond motifs is 1. The number of aryl methyl sites for hydroxylation is 1. The van der Waals surface area contributed by atoms with Crippen molar-refractivity contribution in [1.82, 2.24) is 24.7 Å². The monoisotopic (exact) mass is 321 g/mol. The zero-order chi connectivity index (χ0) is 12.5. The smallest absolute Gasteiger partial charge is 0.190 e. The first kappa shape index (κ1) is 11.6. The summed E-state index contributed by atoms with van der Waals surface area (Å²) in [5.41, 5.74) is 1.73. The van der Waals surface area contributed by atoms with Gasteiger partial charge in [-0.05, 0) is 39.8 Å². The zero-order valence-electron chi connectivity index (χ0n) is 9.41. The van der Waals surface area contributed by atoms with Crippen LogP contribution >= 0.6 is 27.7 Å². The van der Waals surface area contributed by atoms with Gasteiger partial charge in [0.25, 0.3) is 0 Å². The summed E-state index contributed by atoms with van der Waals surface area (Å²) in [6.45, 7) is 0. The highest BCUT2D eigenvalue weighted by Gasteiger charge is 2.09. The van der Waals surface area contributed by atoms with Crippen LogP contribution in [0.3, 0.4) is 0 Å². The predicted octanol–water partition coefficient (Wildman–Crippen LogP) is 2.67. The summed E-state index contributed by atoms with van der Waals surface area (Å²) in [7, 11) is 1.86. The summed E-state index contributed by atoms with van der Waals surface area (Å²) < 4.78 is 2.65. The van der Waals surface area contributed by atoms with Gasteiger partial charge < -0.3 is 0 Å². The van der Waals surface area contributed by atoms with Crippen molar-refractivity contribution in [1.29, 1.82) is 0 Å². The molecule has 3 aromatic heterocycles. The molecular weight excluding hydrogens is 314 g/mol. The quantitative estimate of drug-likeness (QED) is 0.726. The Hall–Kier alpha value is -1.47. The van der Waals surface area contributed by atoms with Crippen molar-refractivity contribution in [2.24, 2.45) is 7.05 Å². The molecule has 0 aliphatic carbocycles. The van der Waals surface area contributed by atoms with Gasteiger partial charge >= 0.3 is 0 Å². The van der Waals surface area contributed by atoms with E-state index in [2.05, 4.69) is 36.0 Å². The lowest BCUT2D eigenvalue weighted by atomic mass is 10.3. The van der Waals surface area contributed by atoms with Gasteiger partial charge in [-0.3, -0.25) is 9.97 Å². The summed E-state index contributed by atoms with van der Waals surface area (Å²) in [4.78, 5) is 13.9. The molecule has 0 amide bonds. The van der Waals surface area contributed by atoms with Crippen LogP contribution in [0.15, 0.2) is 45.4 Å². The van der Waals surface area contributed by atoms with Crippen molar-refractivity contribution < 1.29 is 0 Å². The molecule has 0 unspecified atom stereocenters. The molecule has 0 radical (unpaired) electrons. The Morgan fingerprint density at radius 1 is 1.28 bits per heavy atom. The summed E-state index contributed by atoms with van der Waals surface area (Å²) in [5.74, 6) is 0. The summed E-state index contributed by atoms with van der Waals surface area (Å²) in [6, 6.07) is 3.88. The minimum absolute atomic E-state index is 0.826. The summed E-state index contributed by atoms with van der Waals surface area (Å²) in [6.07, 6.45) is 5.08. The maximum Gasteiger partial charge on any atom is 0.190 e. The molecule has 0 spiro atoms. The number of hydrogen-bond acceptors (Lipinski definition) is 5. The minimum Gasteiger partial charge on any atom is -0.254 e. The van der Waals surface area contributed by atoms with Crippen LogP contribution in [0.1, 0.15) is 0 Å². The van der Waals surface area contributed by atoms with Crippen molar-refractivity contribution in [3.05, 3.63) is 35.3 Å². The van der Waals surface area contributed by atoms with Gasteiger partial charge in [0.1, 0.15) is 11.8 Å². The second-order valence-corrected chi connectivity index (χ2v) is 5.52. The minimum atomic E-state index is 0.826. The van der Waals surface area contributed by atoms with Crippen molar-refractivity contribution >= 4 is 38.7 Å². The van der Waals surface area contributed by atoms with E-state index in [0.29, 0.717) is 0 Å². The molecule has 3 aromatic rings. The number of halogens is 1. The van der Waals surface area contributed by atoms with Crippen molar-refractivity contribution in [3.8, 4) is 0 Å². The SMILES string of the molecule is Cn1ncnc1Sc1ccnc2cc(Br)cnc12. The van der Waals surface area contributed by atoms with Gasteiger partial charge in [0.15, 0.2) is 5.16 Å². The summed E-state index contributed by atoms with van der Waals surface area (Å²) >= 11 is 4.92. The summed E-state index contributed by atoms with van der Waals surface area (Å²) in [5, 5.41) is 4.87. The maximum atomic E-state index is 4.40. The fraction of sp³-hybridized carbons (Fsp3) is 0.0909. The standard InChI is InChI=1S/C11H8BrN5S/c1-17-11(15-6-16-17)18-9-2-3-13-8-4-7(12)5-14-10(8)9/h2-6H,1H3. The first-order valence-electron chi connectivity index (χ1n) is 5.16. The average Bonchev–Trinajstić information content (AvgIpc) is 2.75. The molecule has 3 heterocycles. The third kappa shape index (κ3) is 2.11. The molecule has 90 valence electrons. The van der Waals surface area contributed by atoms with Crippen LogP contribution in [0.5, 0.6) is 0 Å². The third-order valence-corrected chi connectivity index (χ3v) is 3.91. The average molecular weight is 322 g/mol. The Labute approximate surface area is 116 Å². The van der Waals surface area contributed by atoms with Crippen molar-refractivity contribution in [2.75, 3.05) is 0 Å².